The SMILES string of the molecule is CC(NC1CCCC(NC(=O)OC(C)(C)C)C1)c1ccccn1. The lowest BCUT2D eigenvalue weighted by molar-refractivity contribution is 0.0488. The van der Waals surface area contributed by atoms with Gasteiger partial charge in [0.15, 0.2) is 0 Å². The highest BCUT2D eigenvalue weighted by molar-refractivity contribution is 5.68. The van der Waals surface area contributed by atoms with E-state index in [0.717, 1.165) is 31.4 Å². The molecule has 1 aliphatic rings. The van der Waals surface area contributed by atoms with Crippen molar-refractivity contribution in [2.75, 3.05) is 0 Å². The molecule has 128 valence electrons. The second-order valence-corrected chi connectivity index (χ2v) is 7.35. The van der Waals surface area contributed by atoms with E-state index in [4.69, 9.17) is 4.74 Å². The third-order valence-electron chi connectivity index (χ3n) is 4.01. The summed E-state index contributed by atoms with van der Waals surface area (Å²) in [5.41, 5.74) is 0.596. The molecular formula is C18H29N3O2. The zero-order chi connectivity index (χ0) is 16.9. The minimum Gasteiger partial charge on any atom is -0.444 e. The van der Waals surface area contributed by atoms with Crippen LogP contribution in [0.4, 0.5) is 4.79 Å². The van der Waals surface area contributed by atoms with Crippen molar-refractivity contribution in [1.82, 2.24) is 15.6 Å². The lowest BCUT2D eigenvalue weighted by Gasteiger charge is -2.32. The number of hydrogen-bond donors (Lipinski definition) is 2. The van der Waals surface area contributed by atoms with Gasteiger partial charge in [0, 0.05) is 24.3 Å². The second-order valence-electron chi connectivity index (χ2n) is 7.35. The molecule has 1 aromatic heterocycles. The van der Waals surface area contributed by atoms with Crippen LogP contribution >= 0.6 is 0 Å². The molecular weight excluding hydrogens is 290 g/mol. The van der Waals surface area contributed by atoms with Crippen LogP contribution < -0.4 is 10.6 Å². The molecule has 5 heteroatoms. The van der Waals surface area contributed by atoms with Crippen molar-refractivity contribution in [2.45, 2.75) is 77.1 Å². The van der Waals surface area contributed by atoms with E-state index in [1.165, 1.54) is 0 Å². The number of pyridine rings is 1. The molecule has 0 radical (unpaired) electrons. The van der Waals surface area contributed by atoms with Gasteiger partial charge in [-0.15, -0.1) is 0 Å². The van der Waals surface area contributed by atoms with Crippen LogP contribution in [0.15, 0.2) is 24.4 Å². The molecule has 3 unspecified atom stereocenters. The molecule has 5 nitrogen and oxygen atoms in total. The molecule has 2 N–H and O–H groups in total. The summed E-state index contributed by atoms with van der Waals surface area (Å²) in [7, 11) is 0. The zero-order valence-electron chi connectivity index (χ0n) is 14.6. The van der Waals surface area contributed by atoms with E-state index in [0.29, 0.717) is 6.04 Å². The smallest absolute Gasteiger partial charge is 0.407 e. The Hall–Kier alpha value is -1.62. The van der Waals surface area contributed by atoms with Gasteiger partial charge in [-0.3, -0.25) is 4.98 Å². The quantitative estimate of drug-likeness (QED) is 0.890. The van der Waals surface area contributed by atoms with Gasteiger partial charge in [-0.25, -0.2) is 4.79 Å². The van der Waals surface area contributed by atoms with Gasteiger partial charge in [0.2, 0.25) is 0 Å². The highest BCUT2D eigenvalue weighted by Gasteiger charge is 2.26. The number of nitrogens with one attached hydrogen (secondary N) is 2. The molecule has 1 amide bonds. The molecule has 3 atom stereocenters. The highest BCUT2D eigenvalue weighted by Crippen LogP contribution is 2.22. The van der Waals surface area contributed by atoms with Crippen LogP contribution in [0.5, 0.6) is 0 Å². The fourth-order valence-corrected chi connectivity index (χ4v) is 3.02. The van der Waals surface area contributed by atoms with Gasteiger partial charge in [-0.1, -0.05) is 6.07 Å². The summed E-state index contributed by atoms with van der Waals surface area (Å²) in [6.45, 7) is 7.78. The Kier molecular flexibility index (Phi) is 5.99. The number of aromatic nitrogens is 1. The van der Waals surface area contributed by atoms with Crippen LogP contribution in [-0.2, 0) is 4.74 Å². The molecule has 1 saturated carbocycles. The molecule has 0 aromatic carbocycles. The van der Waals surface area contributed by atoms with E-state index >= 15 is 0 Å². The number of hydrogen-bond acceptors (Lipinski definition) is 4. The van der Waals surface area contributed by atoms with Crippen molar-refractivity contribution in [3.8, 4) is 0 Å². The molecule has 0 saturated heterocycles. The number of ether oxygens (including phenoxy) is 1. The number of alkyl carbamates (subject to hydrolysis) is 1. The van der Waals surface area contributed by atoms with Crippen LogP contribution in [0.1, 0.15) is 65.1 Å². The van der Waals surface area contributed by atoms with E-state index in [-0.39, 0.29) is 18.2 Å². The van der Waals surface area contributed by atoms with Crippen LogP contribution in [0, 0.1) is 0 Å². The topological polar surface area (TPSA) is 63.2 Å². The first-order chi connectivity index (χ1) is 10.8. The standard InChI is InChI=1S/C18H29N3O2/c1-13(16-10-5-6-11-19-16)20-14-8-7-9-15(12-14)21-17(22)23-18(2,3)4/h5-6,10-11,13-15,20H,7-9,12H2,1-4H3,(H,21,22). The van der Waals surface area contributed by atoms with Gasteiger partial charge >= 0.3 is 6.09 Å². The van der Waals surface area contributed by atoms with Crippen LogP contribution in [0.3, 0.4) is 0 Å². The monoisotopic (exact) mass is 319 g/mol. The minimum absolute atomic E-state index is 0.173. The van der Waals surface area contributed by atoms with Crippen LogP contribution in [0.2, 0.25) is 0 Å². The second kappa shape index (κ2) is 7.77. The van der Waals surface area contributed by atoms with Gasteiger partial charge < -0.3 is 15.4 Å². The molecule has 1 fully saturated rings. The van der Waals surface area contributed by atoms with Gasteiger partial charge in [-0.05, 0) is 65.5 Å². The summed E-state index contributed by atoms with van der Waals surface area (Å²) < 4.78 is 5.35. The van der Waals surface area contributed by atoms with Crippen molar-refractivity contribution < 1.29 is 9.53 Å². The van der Waals surface area contributed by atoms with Gasteiger partial charge in [-0.2, -0.15) is 0 Å². The highest BCUT2D eigenvalue weighted by atomic mass is 16.6. The molecule has 1 heterocycles. The molecule has 23 heavy (non-hydrogen) atoms. The Bertz CT molecular complexity index is 499. The lowest BCUT2D eigenvalue weighted by Crippen LogP contribution is -2.46. The Morgan fingerprint density at radius 1 is 1.30 bits per heavy atom. The third kappa shape index (κ3) is 6.18. The average molecular weight is 319 g/mol. The Labute approximate surface area is 139 Å². The van der Waals surface area contributed by atoms with Crippen molar-refractivity contribution in [3.05, 3.63) is 30.1 Å². The molecule has 1 aromatic rings. The first-order valence-electron chi connectivity index (χ1n) is 8.50. The van der Waals surface area contributed by atoms with Crippen molar-refractivity contribution in [3.63, 3.8) is 0 Å². The molecule has 0 spiro atoms. The van der Waals surface area contributed by atoms with Gasteiger partial charge in [0.1, 0.15) is 5.60 Å². The largest absolute Gasteiger partial charge is 0.444 e. The van der Waals surface area contributed by atoms with E-state index in [9.17, 15) is 4.79 Å². The van der Waals surface area contributed by atoms with Crippen LogP contribution in [-0.4, -0.2) is 28.8 Å². The summed E-state index contributed by atoms with van der Waals surface area (Å²) in [5, 5.41) is 6.63. The predicted octanol–water partition coefficient (Wildman–Crippen LogP) is 3.57. The maximum absolute atomic E-state index is 11.9. The molecule has 0 aliphatic heterocycles. The summed E-state index contributed by atoms with van der Waals surface area (Å²) in [6.07, 6.45) is 5.67. The normalized spacial score (nSPS) is 23.1. The first-order valence-corrected chi connectivity index (χ1v) is 8.50. The number of carbonyl (C=O) groups is 1. The van der Waals surface area contributed by atoms with Crippen molar-refractivity contribution in [1.29, 1.82) is 0 Å². The van der Waals surface area contributed by atoms with E-state index < -0.39 is 5.60 Å². The zero-order valence-corrected chi connectivity index (χ0v) is 14.6. The maximum Gasteiger partial charge on any atom is 0.407 e. The number of rotatable bonds is 4. The minimum atomic E-state index is -0.454. The number of amides is 1. The molecule has 2 rings (SSSR count). The average Bonchev–Trinajstić information content (AvgIpc) is 2.46. The summed E-state index contributed by atoms with van der Waals surface area (Å²) >= 11 is 0. The van der Waals surface area contributed by atoms with Crippen molar-refractivity contribution in [2.24, 2.45) is 0 Å². The summed E-state index contributed by atoms with van der Waals surface area (Å²) in [6, 6.07) is 6.75. The van der Waals surface area contributed by atoms with E-state index in [1.54, 1.807) is 0 Å². The van der Waals surface area contributed by atoms with E-state index in [1.807, 2.05) is 45.2 Å². The molecule has 0 bridgehead atoms. The Balaban J connectivity index is 1.82. The van der Waals surface area contributed by atoms with E-state index in [2.05, 4.69) is 22.5 Å². The fourth-order valence-electron chi connectivity index (χ4n) is 3.02. The summed E-state index contributed by atoms with van der Waals surface area (Å²) in [5.74, 6) is 0. The number of nitrogens with zero attached hydrogens (tertiary/aromatic N) is 1. The third-order valence-corrected chi connectivity index (χ3v) is 4.01. The predicted molar refractivity (Wildman–Crippen MR) is 91.2 cm³/mol. The van der Waals surface area contributed by atoms with Crippen molar-refractivity contribution >= 4 is 6.09 Å². The van der Waals surface area contributed by atoms with Gasteiger partial charge in [0.25, 0.3) is 0 Å². The Morgan fingerprint density at radius 2 is 2.04 bits per heavy atom. The summed E-state index contributed by atoms with van der Waals surface area (Å²) in [4.78, 5) is 16.3. The number of carbonyl (C=O) groups excluding carboxylic acids is 1. The first kappa shape index (κ1) is 17.7. The molecule has 1 aliphatic carbocycles. The maximum atomic E-state index is 11.9. The Morgan fingerprint density at radius 3 is 2.70 bits per heavy atom. The fraction of sp³-hybridized carbons (Fsp3) is 0.667. The van der Waals surface area contributed by atoms with Crippen LogP contribution in [0.25, 0.3) is 0 Å². The van der Waals surface area contributed by atoms with Gasteiger partial charge in [0.05, 0.1) is 5.69 Å². The lowest BCUT2D eigenvalue weighted by atomic mass is 9.90.